The number of carbonyl (C=O) groups is 2. The highest BCUT2D eigenvalue weighted by Gasteiger charge is 2.23. The lowest BCUT2D eigenvalue weighted by molar-refractivity contribution is -0.147. The molecule has 3 N–H and O–H groups in total. The molecule has 0 aromatic heterocycles. The zero-order valence-electron chi connectivity index (χ0n) is 33.4. The van der Waals surface area contributed by atoms with E-state index in [1.807, 2.05) is 6.08 Å². The van der Waals surface area contributed by atoms with Crippen LogP contribution in [0, 0.1) is 0 Å². The van der Waals surface area contributed by atoms with Gasteiger partial charge in [0.2, 0.25) is 5.91 Å². The summed E-state index contributed by atoms with van der Waals surface area (Å²) in [7, 11) is -4.43. The Kier molecular flexibility index (Phi) is 37.7. The first-order valence-corrected chi connectivity index (χ1v) is 22.3. The SMILES string of the molecule is CCCCC/C=C\C/C=C\C/C=C\C/C=C\CCCC(=O)OCC(O)COP(=O)(O)OCCNC(=O)CCCCCCC/C=C\CCCCCCCC. The monoisotopic (exact) mass is 766 g/mol. The number of nitrogens with one attached hydrogen (secondary N) is 1. The molecule has 2 atom stereocenters. The van der Waals surface area contributed by atoms with E-state index in [-0.39, 0.29) is 32.1 Å². The number of esters is 1. The number of rotatable bonds is 38. The Morgan fingerprint density at radius 3 is 1.62 bits per heavy atom. The maximum atomic E-state index is 12.1. The first-order valence-electron chi connectivity index (χ1n) is 20.8. The van der Waals surface area contributed by atoms with Gasteiger partial charge in [-0.3, -0.25) is 18.6 Å². The molecule has 0 aromatic carbocycles. The lowest BCUT2D eigenvalue weighted by atomic mass is 10.1. The van der Waals surface area contributed by atoms with E-state index in [4.69, 9.17) is 13.8 Å². The van der Waals surface area contributed by atoms with Gasteiger partial charge in [-0.15, -0.1) is 0 Å². The average molecular weight is 766 g/mol. The van der Waals surface area contributed by atoms with E-state index in [1.54, 1.807) is 0 Å². The molecule has 0 aliphatic carbocycles. The van der Waals surface area contributed by atoms with Crippen LogP contribution in [0.15, 0.2) is 60.8 Å². The molecule has 0 spiro atoms. The lowest BCUT2D eigenvalue weighted by Crippen LogP contribution is -2.27. The number of phosphoric ester groups is 1. The van der Waals surface area contributed by atoms with Crippen molar-refractivity contribution in [3.05, 3.63) is 60.8 Å². The molecule has 0 saturated heterocycles. The summed E-state index contributed by atoms with van der Waals surface area (Å²) in [6, 6.07) is 0. The zero-order chi connectivity index (χ0) is 38.9. The highest BCUT2D eigenvalue weighted by molar-refractivity contribution is 7.47. The van der Waals surface area contributed by atoms with E-state index in [0.717, 1.165) is 57.8 Å². The quantitative estimate of drug-likeness (QED) is 0.0245. The number of amides is 1. The average Bonchev–Trinajstić information content (AvgIpc) is 3.14. The number of ether oxygens (including phenoxy) is 1. The van der Waals surface area contributed by atoms with Gasteiger partial charge in [0.1, 0.15) is 12.7 Å². The molecule has 0 bridgehead atoms. The molecular formula is C43H76NO8P. The highest BCUT2D eigenvalue weighted by Crippen LogP contribution is 2.42. The Bertz CT molecular complexity index is 1050. The molecule has 0 fully saturated rings. The largest absolute Gasteiger partial charge is 0.472 e. The molecule has 306 valence electrons. The fourth-order valence-electron chi connectivity index (χ4n) is 5.25. The van der Waals surface area contributed by atoms with Crippen molar-refractivity contribution < 1.29 is 37.9 Å². The number of phosphoric acid groups is 1. The third kappa shape index (κ3) is 40.7. The van der Waals surface area contributed by atoms with Gasteiger partial charge in [0, 0.05) is 19.4 Å². The number of allylic oxidation sites excluding steroid dienone is 10. The van der Waals surface area contributed by atoms with Crippen molar-refractivity contribution in [2.45, 2.75) is 174 Å². The van der Waals surface area contributed by atoms with Crippen LogP contribution in [0.3, 0.4) is 0 Å². The van der Waals surface area contributed by atoms with Crippen LogP contribution in [0.4, 0.5) is 0 Å². The summed E-state index contributed by atoms with van der Waals surface area (Å²) in [4.78, 5) is 33.8. The second-order valence-electron chi connectivity index (χ2n) is 13.6. The third-order valence-corrected chi connectivity index (χ3v) is 9.40. The van der Waals surface area contributed by atoms with Gasteiger partial charge in [-0.1, -0.05) is 139 Å². The number of aliphatic hydroxyl groups excluding tert-OH is 1. The highest BCUT2D eigenvalue weighted by atomic mass is 31.2. The van der Waals surface area contributed by atoms with Gasteiger partial charge in [0.25, 0.3) is 0 Å². The topological polar surface area (TPSA) is 131 Å². The molecule has 53 heavy (non-hydrogen) atoms. The van der Waals surface area contributed by atoms with Crippen LogP contribution in [0.1, 0.15) is 168 Å². The zero-order valence-corrected chi connectivity index (χ0v) is 34.3. The molecule has 0 aliphatic heterocycles. The molecule has 2 unspecified atom stereocenters. The molecule has 0 saturated carbocycles. The van der Waals surface area contributed by atoms with Gasteiger partial charge < -0.3 is 20.1 Å². The van der Waals surface area contributed by atoms with Crippen molar-refractivity contribution >= 4 is 19.7 Å². The van der Waals surface area contributed by atoms with Crippen molar-refractivity contribution in [2.24, 2.45) is 0 Å². The van der Waals surface area contributed by atoms with Crippen LogP contribution in [0.25, 0.3) is 0 Å². The number of hydrogen-bond acceptors (Lipinski definition) is 7. The molecule has 10 heteroatoms. The maximum absolute atomic E-state index is 12.1. The van der Waals surface area contributed by atoms with Crippen molar-refractivity contribution in [3.8, 4) is 0 Å². The number of unbranched alkanes of at least 4 members (excludes halogenated alkanes) is 15. The van der Waals surface area contributed by atoms with E-state index >= 15 is 0 Å². The van der Waals surface area contributed by atoms with Gasteiger partial charge >= 0.3 is 13.8 Å². The third-order valence-electron chi connectivity index (χ3n) is 8.42. The molecular weight excluding hydrogens is 689 g/mol. The van der Waals surface area contributed by atoms with Crippen LogP contribution in [0.5, 0.6) is 0 Å². The Morgan fingerprint density at radius 1 is 0.585 bits per heavy atom. The van der Waals surface area contributed by atoms with Crippen LogP contribution >= 0.6 is 7.82 Å². The second-order valence-corrected chi connectivity index (χ2v) is 15.1. The van der Waals surface area contributed by atoms with Gasteiger partial charge in [-0.05, 0) is 77.0 Å². The summed E-state index contributed by atoms with van der Waals surface area (Å²) < 4.78 is 26.8. The van der Waals surface area contributed by atoms with E-state index in [2.05, 4.69) is 73.8 Å². The fourth-order valence-corrected chi connectivity index (χ4v) is 6.01. The Labute approximate surface area is 323 Å². The first-order chi connectivity index (χ1) is 25.8. The van der Waals surface area contributed by atoms with Crippen molar-refractivity contribution in [2.75, 3.05) is 26.4 Å². The standard InChI is InChI=1S/C43H76NO8P/c1-3-5-7-9-11-13-15-17-19-20-22-24-26-28-30-32-34-36-43(47)50-39-41(45)40-52-53(48,49)51-38-37-44-42(46)35-33-31-29-27-25-23-21-18-16-14-12-10-8-6-4-2/h11,13,17-19,21-22,24,28,30,41,45H,3-10,12,14-16,20,23,25-27,29,31-40H2,1-2H3,(H,44,46)(H,48,49)/b13-11-,19-17-,21-18-,24-22-,30-28-. The van der Waals surface area contributed by atoms with E-state index in [0.29, 0.717) is 12.8 Å². The van der Waals surface area contributed by atoms with E-state index in [1.165, 1.54) is 77.0 Å². The summed E-state index contributed by atoms with van der Waals surface area (Å²) in [5, 5.41) is 12.7. The van der Waals surface area contributed by atoms with Gasteiger partial charge in [-0.2, -0.15) is 0 Å². The van der Waals surface area contributed by atoms with Crippen molar-refractivity contribution in [3.63, 3.8) is 0 Å². The number of hydrogen-bond donors (Lipinski definition) is 3. The Morgan fingerprint density at radius 2 is 1.04 bits per heavy atom. The lowest BCUT2D eigenvalue weighted by Gasteiger charge is -2.15. The van der Waals surface area contributed by atoms with Crippen LogP contribution in [0.2, 0.25) is 0 Å². The number of carbonyl (C=O) groups excluding carboxylic acids is 2. The second kappa shape index (κ2) is 39.4. The molecule has 0 rings (SSSR count). The summed E-state index contributed by atoms with van der Waals surface area (Å²) in [6.45, 7) is 3.43. The van der Waals surface area contributed by atoms with E-state index < -0.39 is 26.5 Å². The molecule has 0 aromatic rings. The fraction of sp³-hybridized carbons (Fsp3) is 0.721. The van der Waals surface area contributed by atoms with Crippen LogP contribution in [-0.4, -0.2) is 54.3 Å². The van der Waals surface area contributed by atoms with E-state index in [9.17, 15) is 24.2 Å². The normalized spacial score (nSPS) is 14.0. The minimum Gasteiger partial charge on any atom is -0.463 e. The predicted octanol–water partition coefficient (Wildman–Crippen LogP) is 11.3. The van der Waals surface area contributed by atoms with Crippen molar-refractivity contribution in [1.82, 2.24) is 5.32 Å². The van der Waals surface area contributed by atoms with Crippen LogP contribution < -0.4 is 5.32 Å². The molecule has 1 amide bonds. The van der Waals surface area contributed by atoms with Gasteiger partial charge in [0.15, 0.2) is 0 Å². The van der Waals surface area contributed by atoms with Gasteiger partial charge in [0.05, 0.1) is 13.2 Å². The summed E-state index contributed by atoms with van der Waals surface area (Å²) in [6.07, 6.45) is 45.8. The summed E-state index contributed by atoms with van der Waals surface area (Å²) in [5.41, 5.74) is 0. The summed E-state index contributed by atoms with van der Waals surface area (Å²) >= 11 is 0. The van der Waals surface area contributed by atoms with Crippen molar-refractivity contribution in [1.29, 1.82) is 0 Å². The Hall–Kier alpha value is -2.29. The smallest absolute Gasteiger partial charge is 0.463 e. The summed E-state index contributed by atoms with van der Waals surface area (Å²) in [5.74, 6) is -0.586. The molecule has 0 radical (unpaired) electrons. The minimum atomic E-state index is -4.43. The van der Waals surface area contributed by atoms with Crippen LogP contribution in [-0.2, 0) is 27.9 Å². The Balaban J connectivity index is 3.71. The first kappa shape index (κ1) is 50.7. The molecule has 9 nitrogen and oxygen atoms in total. The molecule has 0 aliphatic rings. The molecule has 0 heterocycles. The maximum Gasteiger partial charge on any atom is 0.472 e. The predicted molar refractivity (Wildman–Crippen MR) is 220 cm³/mol. The van der Waals surface area contributed by atoms with Gasteiger partial charge in [-0.25, -0.2) is 4.57 Å². The number of aliphatic hydroxyl groups is 1. The minimum absolute atomic E-state index is 0.0685.